The van der Waals surface area contributed by atoms with Gasteiger partial charge in [0.15, 0.2) is 0 Å². The Labute approximate surface area is 262 Å². The molecular weight excluding hydrogens is 568 g/mol. The van der Waals surface area contributed by atoms with Crippen molar-refractivity contribution in [3.8, 4) is 16.9 Å². The minimum absolute atomic E-state index is 0.00344. The lowest BCUT2D eigenvalue weighted by molar-refractivity contribution is 0.285. The standard InChI is InChI=1S/C42H24O4/c1-5-16-31-25(12-1)29-21-35-39(27-14-3-7-18-33(27)43-35)37(41(29)45-31)23-10-9-11-24(20-23)38-40-28-15-4-8-19-34(28)44-36(40)22-30-26-13-2-6-17-32(26)46-42(30)38/h1-22,35,39H. The zero-order chi connectivity index (χ0) is 29.9. The average Bonchev–Trinajstić information content (AvgIpc) is 3.86. The molecule has 0 saturated heterocycles. The quantitative estimate of drug-likeness (QED) is 0.201. The van der Waals surface area contributed by atoms with Gasteiger partial charge in [-0.2, -0.15) is 0 Å². The summed E-state index contributed by atoms with van der Waals surface area (Å²) in [6.07, 6.45) is 2.11. The summed E-state index contributed by atoms with van der Waals surface area (Å²) < 4.78 is 26.4. The summed E-state index contributed by atoms with van der Waals surface area (Å²) in [5, 5.41) is 6.43. The number of fused-ring (bicyclic) bond motifs is 12. The molecule has 2 unspecified atom stereocenters. The molecule has 0 bridgehead atoms. The summed E-state index contributed by atoms with van der Waals surface area (Å²) in [4.78, 5) is 0. The van der Waals surface area contributed by atoms with Crippen molar-refractivity contribution in [3.05, 3.63) is 149 Å². The van der Waals surface area contributed by atoms with Crippen LogP contribution in [0.3, 0.4) is 0 Å². The van der Waals surface area contributed by atoms with Gasteiger partial charge >= 0.3 is 0 Å². The minimum atomic E-state index is -0.132. The van der Waals surface area contributed by atoms with Crippen LogP contribution < -0.4 is 15.4 Å². The van der Waals surface area contributed by atoms with Gasteiger partial charge in [0.2, 0.25) is 0 Å². The van der Waals surface area contributed by atoms with Crippen molar-refractivity contribution in [2.45, 2.75) is 12.0 Å². The molecule has 0 N–H and O–H groups in total. The van der Waals surface area contributed by atoms with Gasteiger partial charge in [-0.1, -0.05) is 91.0 Å². The van der Waals surface area contributed by atoms with Gasteiger partial charge in [0, 0.05) is 48.8 Å². The Morgan fingerprint density at radius 3 is 2.07 bits per heavy atom. The maximum Gasteiger partial charge on any atom is 0.144 e. The Hall–Kier alpha value is -6.00. The zero-order valence-corrected chi connectivity index (χ0v) is 24.5. The molecule has 4 nitrogen and oxygen atoms in total. The van der Waals surface area contributed by atoms with Crippen LogP contribution in [0, 0.1) is 0 Å². The lowest BCUT2D eigenvalue weighted by atomic mass is 9.80. The largest absolute Gasteiger partial charge is 0.485 e. The second kappa shape index (κ2) is 8.80. The van der Waals surface area contributed by atoms with Gasteiger partial charge in [-0.05, 0) is 53.6 Å². The van der Waals surface area contributed by atoms with E-state index in [0.29, 0.717) is 0 Å². The Balaban J connectivity index is 1.25. The third kappa shape index (κ3) is 3.18. The molecule has 0 amide bonds. The van der Waals surface area contributed by atoms with Crippen molar-refractivity contribution in [1.29, 1.82) is 0 Å². The van der Waals surface area contributed by atoms with Crippen LogP contribution in [0.15, 0.2) is 141 Å². The first-order valence-electron chi connectivity index (χ1n) is 15.7. The zero-order valence-electron chi connectivity index (χ0n) is 24.5. The molecule has 1 aliphatic heterocycles. The van der Waals surface area contributed by atoms with Crippen LogP contribution in [0.1, 0.15) is 17.0 Å². The maximum atomic E-state index is 6.69. The van der Waals surface area contributed by atoms with Crippen LogP contribution in [-0.2, 0) is 0 Å². The predicted molar refractivity (Wildman–Crippen MR) is 182 cm³/mol. The third-order valence-corrected chi connectivity index (χ3v) is 9.84. The first kappa shape index (κ1) is 24.3. The average molecular weight is 593 g/mol. The number of rotatable bonds is 2. The highest BCUT2D eigenvalue weighted by molar-refractivity contribution is 6.23. The molecule has 3 aromatic heterocycles. The van der Waals surface area contributed by atoms with Crippen molar-refractivity contribution in [1.82, 2.24) is 0 Å². The third-order valence-electron chi connectivity index (χ3n) is 9.84. The molecule has 0 radical (unpaired) electrons. The molecule has 0 spiro atoms. The number of para-hydroxylation sites is 4. The van der Waals surface area contributed by atoms with Crippen molar-refractivity contribution in [2.24, 2.45) is 0 Å². The second-order valence-electron chi connectivity index (χ2n) is 12.3. The van der Waals surface area contributed by atoms with E-state index in [1.807, 2.05) is 42.5 Å². The highest BCUT2D eigenvalue weighted by Crippen LogP contribution is 2.48. The monoisotopic (exact) mass is 592 g/mol. The van der Waals surface area contributed by atoms with Crippen molar-refractivity contribution >= 4 is 66.5 Å². The maximum absolute atomic E-state index is 6.69. The van der Waals surface area contributed by atoms with E-state index < -0.39 is 0 Å². The second-order valence-corrected chi connectivity index (χ2v) is 12.3. The van der Waals surface area contributed by atoms with E-state index in [2.05, 4.69) is 91.0 Å². The van der Waals surface area contributed by atoms with Crippen molar-refractivity contribution in [3.63, 3.8) is 0 Å². The summed E-state index contributed by atoms with van der Waals surface area (Å²) >= 11 is 0. The van der Waals surface area contributed by atoms with Crippen LogP contribution in [0.5, 0.6) is 5.75 Å². The molecule has 9 aromatic rings. The van der Waals surface area contributed by atoms with Gasteiger partial charge in [0.25, 0.3) is 0 Å². The molecular formula is C42H24O4. The fourth-order valence-corrected chi connectivity index (χ4v) is 7.91. The van der Waals surface area contributed by atoms with Crippen LogP contribution in [0.4, 0.5) is 0 Å². The van der Waals surface area contributed by atoms with E-state index in [0.717, 1.165) is 93.5 Å². The molecule has 6 aromatic carbocycles. The fourth-order valence-electron chi connectivity index (χ4n) is 7.91. The van der Waals surface area contributed by atoms with Gasteiger partial charge < -0.3 is 18.0 Å². The Morgan fingerprint density at radius 1 is 0.500 bits per heavy atom. The Kier molecular flexibility index (Phi) is 4.66. The molecule has 11 rings (SSSR count). The van der Waals surface area contributed by atoms with Crippen LogP contribution >= 0.6 is 0 Å². The lowest BCUT2D eigenvalue weighted by Gasteiger charge is -2.22. The smallest absolute Gasteiger partial charge is 0.144 e. The summed E-state index contributed by atoms with van der Waals surface area (Å²) in [6, 6.07) is 44.1. The molecule has 4 heterocycles. The Morgan fingerprint density at radius 2 is 1.20 bits per heavy atom. The molecule has 46 heavy (non-hydrogen) atoms. The van der Waals surface area contributed by atoms with Gasteiger partial charge in [-0.3, -0.25) is 0 Å². The summed E-state index contributed by atoms with van der Waals surface area (Å²) in [5.41, 5.74) is 10.7. The molecule has 0 saturated carbocycles. The number of hydrogen-bond acceptors (Lipinski definition) is 4. The number of ether oxygens (including phenoxy) is 1. The predicted octanol–water partition coefficient (Wildman–Crippen LogP) is 9.44. The van der Waals surface area contributed by atoms with Gasteiger partial charge in [0.1, 0.15) is 45.2 Å². The molecule has 4 heteroatoms. The first-order valence-corrected chi connectivity index (χ1v) is 15.7. The van der Waals surface area contributed by atoms with E-state index in [1.165, 1.54) is 5.56 Å². The van der Waals surface area contributed by atoms with E-state index in [1.54, 1.807) is 0 Å². The molecule has 1 aliphatic carbocycles. The van der Waals surface area contributed by atoms with E-state index >= 15 is 0 Å². The highest BCUT2D eigenvalue weighted by atomic mass is 16.5. The summed E-state index contributed by atoms with van der Waals surface area (Å²) in [7, 11) is 0. The van der Waals surface area contributed by atoms with Crippen LogP contribution in [-0.4, -0.2) is 6.10 Å². The SMILES string of the molecule is C1=c2c(oc3ccccc23)=C(c2cccc(-c3c4oc5ccccc5c4cc4oc5ccccc5c34)c2)C2c3ccccc3OC12. The lowest BCUT2D eigenvalue weighted by Crippen LogP contribution is -2.36. The van der Waals surface area contributed by atoms with Crippen molar-refractivity contribution in [2.75, 3.05) is 0 Å². The van der Waals surface area contributed by atoms with Crippen LogP contribution in [0.2, 0.25) is 0 Å². The van der Waals surface area contributed by atoms with Crippen molar-refractivity contribution < 1.29 is 18.0 Å². The van der Waals surface area contributed by atoms with Crippen LogP contribution in [0.25, 0.3) is 77.6 Å². The molecule has 2 atom stereocenters. The van der Waals surface area contributed by atoms with Gasteiger partial charge in [-0.15, -0.1) is 0 Å². The number of furan rings is 3. The van der Waals surface area contributed by atoms with Gasteiger partial charge in [-0.25, -0.2) is 0 Å². The highest BCUT2D eigenvalue weighted by Gasteiger charge is 2.39. The van der Waals surface area contributed by atoms with E-state index in [-0.39, 0.29) is 12.0 Å². The molecule has 0 fully saturated rings. The van der Waals surface area contributed by atoms with E-state index in [9.17, 15) is 0 Å². The Bertz CT molecular complexity index is 2860. The fraction of sp³-hybridized carbons (Fsp3) is 0.0476. The summed E-state index contributed by atoms with van der Waals surface area (Å²) in [6.45, 7) is 0. The topological polar surface area (TPSA) is 48.7 Å². The first-order chi connectivity index (χ1) is 22.8. The minimum Gasteiger partial charge on any atom is -0.485 e. The number of hydrogen-bond donors (Lipinski definition) is 0. The van der Waals surface area contributed by atoms with E-state index in [4.69, 9.17) is 18.0 Å². The van der Waals surface area contributed by atoms with Gasteiger partial charge in [0.05, 0.1) is 5.92 Å². The molecule has 216 valence electrons. The normalized spacial score (nSPS) is 17.0. The number of benzene rings is 6. The summed E-state index contributed by atoms with van der Waals surface area (Å²) in [5.74, 6) is 0.923. The molecule has 2 aliphatic rings.